The average Bonchev–Trinajstić information content (AvgIpc) is 2.84. The SMILES string of the molecule is Cc1ccc2nn(C3CCCCO3)nc2c1CCl. The molecule has 1 aliphatic rings. The average molecular weight is 266 g/mol. The Morgan fingerprint density at radius 3 is 3.00 bits per heavy atom. The number of halogens is 1. The van der Waals surface area contributed by atoms with E-state index >= 15 is 0 Å². The van der Waals surface area contributed by atoms with Crippen LogP contribution in [0.25, 0.3) is 11.0 Å². The van der Waals surface area contributed by atoms with Crippen LogP contribution in [-0.4, -0.2) is 21.6 Å². The van der Waals surface area contributed by atoms with Gasteiger partial charge in [-0.25, -0.2) is 0 Å². The zero-order valence-corrected chi connectivity index (χ0v) is 11.2. The van der Waals surface area contributed by atoms with Crippen molar-refractivity contribution in [2.45, 2.75) is 38.3 Å². The van der Waals surface area contributed by atoms with Crippen LogP contribution in [0, 0.1) is 6.92 Å². The van der Waals surface area contributed by atoms with E-state index in [0.29, 0.717) is 5.88 Å². The first-order chi connectivity index (χ1) is 8.79. The predicted molar refractivity (Wildman–Crippen MR) is 70.7 cm³/mol. The van der Waals surface area contributed by atoms with Gasteiger partial charge in [0.25, 0.3) is 0 Å². The second-order valence-electron chi connectivity index (χ2n) is 4.70. The van der Waals surface area contributed by atoms with Gasteiger partial charge in [0.1, 0.15) is 11.0 Å². The maximum atomic E-state index is 6.00. The van der Waals surface area contributed by atoms with Gasteiger partial charge in [0, 0.05) is 12.5 Å². The molecule has 0 spiro atoms. The Morgan fingerprint density at radius 1 is 1.39 bits per heavy atom. The summed E-state index contributed by atoms with van der Waals surface area (Å²) in [6.45, 7) is 2.84. The third-order valence-electron chi connectivity index (χ3n) is 3.46. The summed E-state index contributed by atoms with van der Waals surface area (Å²) < 4.78 is 5.70. The number of ether oxygens (including phenoxy) is 1. The van der Waals surface area contributed by atoms with Crippen molar-refractivity contribution < 1.29 is 4.74 Å². The lowest BCUT2D eigenvalue weighted by Gasteiger charge is -2.21. The van der Waals surface area contributed by atoms with Crippen LogP contribution in [0.1, 0.15) is 36.6 Å². The van der Waals surface area contributed by atoms with Crippen LogP contribution in [0.3, 0.4) is 0 Å². The summed E-state index contributed by atoms with van der Waals surface area (Å²) in [5.74, 6) is 0.466. The van der Waals surface area contributed by atoms with Crippen molar-refractivity contribution in [2.75, 3.05) is 6.61 Å². The van der Waals surface area contributed by atoms with Crippen molar-refractivity contribution in [1.29, 1.82) is 0 Å². The number of alkyl halides is 1. The van der Waals surface area contributed by atoms with E-state index in [2.05, 4.69) is 10.2 Å². The van der Waals surface area contributed by atoms with E-state index in [1.54, 1.807) is 4.80 Å². The molecule has 96 valence electrons. The molecule has 3 rings (SSSR count). The highest BCUT2D eigenvalue weighted by Crippen LogP contribution is 2.25. The summed E-state index contributed by atoms with van der Waals surface area (Å²) in [5.41, 5.74) is 4.02. The first-order valence-electron chi connectivity index (χ1n) is 6.32. The van der Waals surface area contributed by atoms with E-state index in [-0.39, 0.29) is 6.23 Å². The Morgan fingerprint density at radius 2 is 2.28 bits per heavy atom. The highest BCUT2D eigenvalue weighted by Gasteiger charge is 2.19. The number of rotatable bonds is 2. The molecule has 5 heteroatoms. The van der Waals surface area contributed by atoms with Gasteiger partial charge in [0.15, 0.2) is 6.23 Å². The molecular weight excluding hydrogens is 250 g/mol. The lowest BCUT2D eigenvalue weighted by Crippen LogP contribution is -2.20. The fraction of sp³-hybridized carbons (Fsp3) is 0.538. The van der Waals surface area contributed by atoms with Gasteiger partial charge in [-0.3, -0.25) is 0 Å². The van der Waals surface area contributed by atoms with Crippen molar-refractivity contribution in [3.05, 3.63) is 23.3 Å². The molecule has 0 N–H and O–H groups in total. The van der Waals surface area contributed by atoms with Crippen molar-refractivity contribution in [3.8, 4) is 0 Å². The topological polar surface area (TPSA) is 39.9 Å². The smallest absolute Gasteiger partial charge is 0.169 e. The molecule has 18 heavy (non-hydrogen) atoms. The largest absolute Gasteiger partial charge is 0.355 e. The Hall–Kier alpha value is -1.13. The summed E-state index contributed by atoms with van der Waals surface area (Å²) in [6, 6.07) is 4.04. The Kier molecular flexibility index (Phi) is 3.22. The Balaban J connectivity index is 2.04. The number of fused-ring (bicyclic) bond motifs is 1. The van der Waals surface area contributed by atoms with Crippen molar-refractivity contribution in [3.63, 3.8) is 0 Å². The molecule has 1 aromatic carbocycles. The van der Waals surface area contributed by atoms with E-state index in [0.717, 1.165) is 41.6 Å². The zero-order chi connectivity index (χ0) is 12.5. The lowest BCUT2D eigenvalue weighted by molar-refractivity contribution is -0.0474. The first-order valence-corrected chi connectivity index (χ1v) is 6.85. The molecule has 0 radical (unpaired) electrons. The van der Waals surface area contributed by atoms with Crippen LogP contribution >= 0.6 is 11.6 Å². The third-order valence-corrected chi connectivity index (χ3v) is 3.72. The summed E-state index contributed by atoms with van der Waals surface area (Å²) >= 11 is 6.00. The van der Waals surface area contributed by atoms with Gasteiger partial charge < -0.3 is 4.74 Å². The first kappa shape index (κ1) is 11.9. The van der Waals surface area contributed by atoms with E-state index in [9.17, 15) is 0 Å². The zero-order valence-electron chi connectivity index (χ0n) is 10.4. The van der Waals surface area contributed by atoms with Crippen molar-refractivity contribution >= 4 is 22.6 Å². The van der Waals surface area contributed by atoms with Gasteiger partial charge in [0.2, 0.25) is 0 Å². The second-order valence-corrected chi connectivity index (χ2v) is 4.97. The number of nitrogens with zero attached hydrogens (tertiary/aromatic N) is 3. The molecule has 2 aromatic rings. The van der Waals surface area contributed by atoms with Crippen LogP contribution in [0.2, 0.25) is 0 Å². The molecule has 1 atom stereocenters. The molecule has 4 nitrogen and oxygen atoms in total. The molecule has 1 saturated heterocycles. The fourth-order valence-electron chi connectivity index (χ4n) is 2.36. The standard InChI is InChI=1S/C13H16ClN3O/c1-9-5-6-11-13(10(9)8-14)16-17(15-11)12-4-2-3-7-18-12/h5-6,12H,2-4,7-8H2,1H3. The lowest BCUT2D eigenvalue weighted by atomic mass is 10.1. The van der Waals surface area contributed by atoms with Gasteiger partial charge in [0.05, 0.1) is 0 Å². The summed E-state index contributed by atoms with van der Waals surface area (Å²) in [4.78, 5) is 1.71. The van der Waals surface area contributed by atoms with Crippen molar-refractivity contribution in [2.24, 2.45) is 0 Å². The number of benzene rings is 1. The van der Waals surface area contributed by atoms with Crippen LogP contribution in [-0.2, 0) is 10.6 Å². The number of aryl methyl sites for hydroxylation is 1. The Labute approximate surface area is 111 Å². The van der Waals surface area contributed by atoms with Gasteiger partial charge >= 0.3 is 0 Å². The van der Waals surface area contributed by atoms with Gasteiger partial charge in [-0.2, -0.15) is 15.0 Å². The van der Waals surface area contributed by atoms with Crippen LogP contribution < -0.4 is 0 Å². The molecular formula is C13H16ClN3O. The molecule has 0 bridgehead atoms. The van der Waals surface area contributed by atoms with Gasteiger partial charge in [-0.1, -0.05) is 6.07 Å². The number of aromatic nitrogens is 3. The minimum atomic E-state index is -0.0189. The second kappa shape index (κ2) is 4.86. The maximum Gasteiger partial charge on any atom is 0.169 e. The summed E-state index contributed by atoms with van der Waals surface area (Å²) in [7, 11) is 0. The van der Waals surface area contributed by atoms with E-state index in [4.69, 9.17) is 16.3 Å². The van der Waals surface area contributed by atoms with Crippen LogP contribution in [0.4, 0.5) is 0 Å². The highest BCUT2D eigenvalue weighted by molar-refractivity contribution is 6.18. The molecule has 1 aromatic heterocycles. The fourth-order valence-corrected chi connectivity index (χ4v) is 2.69. The van der Waals surface area contributed by atoms with Gasteiger partial charge in [-0.05, 0) is 43.4 Å². The highest BCUT2D eigenvalue weighted by atomic mass is 35.5. The molecule has 1 unspecified atom stereocenters. The van der Waals surface area contributed by atoms with Gasteiger partial charge in [-0.15, -0.1) is 11.6 Å². The normalized spacial score (nSPS) is 20.4. The van der Waals surface area contributed by atoms with E-state index in [1.807, 2.05) is 19.1 Å². The quantitative estimate of drug-likeness (QED) is 0.783. The molecule has 2 heterocycles. The summed E-state index contributed by atoms with van der Waals surface area (Å²) in [6.07, 6.45) is 3.26. The Bertz CT molecular complexity index is 561. The monoisotopic (exact) mass is 265 g/mol. The number of hydrogen-bond donors (Lipinski definition) is 0. The van der Waals surface area contributed by atoms with Crippen LogP contribution in [0.5, 0.6) is 0 Å². The predicted octanol–water partition coefficient (Wildman–Crippen LogP) is 3.18. The minimum Gasteiger partial charge on any atom is -0.355 e. The van der Waals surface area contributed by atoms with E-state index in [1.165, 1.54) is 6.42 Å². The van der Waals surface area contributed by atoms with E-state index < -0.39 is 0 Å². The van der Waals surface area contributed by atoms with Crippen LogP contribution in [0.15, 0.2) is 12.1 Å². The molecule has 0 amide bonds. The molecule has 0 aliphatic carbocycles. The summed E-state index contributed by atoms with van der Waals surface area (Å²) in [5, 5.41) is 9.07. The molecule has 1 fully saturated rings. The maximum absolute atomic E-state index is 6.00. The minimum absolute atomic E-state index is 0.0189. The van der Waals surface area contributed by atoms with Crippen molar-refractivity contribution in [1.82, 2.24) is 15.0 Å². The number of hydrogen-bond acceptors (Lipinski definition) is 3. The third kappa shape index (κ3) is 1.99. The molecule has 1 aliphatic heterocycles. The molecule has 0 saturated carbocycles.